The van der Waals surface area contributed by atoms with Gasteiger partial charge in [-0.25, -0.2) is 9.97 Å². The molecule has 0 saturated carbocycles. The van der Waals surface area contributed by atoms with Crippen LogP contribution in [-0.4, -0.2) is 31.7 Å². The molecule has 0 fully saturated rings. The number of benzene rings is 2. The first-order valence-corrected chi connectivity index (χ1v) is 10.2. The summed E-state index contributed by atoms with van der Waals surface area (Å²) in [5.74, 6) is -0.929. The minimum atomic E-state index is -2.00. The monoisotopic (exact) mass is 428 g/mol. The van der Waals surface area contributed by atoms with Crippen LogP contribution < -0.4 is 5.73 Å². The summed E-state index contributed by atoms with van der Waals surface area (Å²) >= 11 is 0. The number of nitrogens with one attached hydrogen (secondary N) is 1. The minimum Gasteiger partial charge on any atom is -0.372 e. The molecule has 0 saturated heterocycles. The van der Waals surface area contributed by atoms with Gasteiger partial charge in [-0.2, -0.15) is 0 Å². The Labute approximate surface area is 185 Å². The Morgan fingerprint density at radius 3 is 2.34 bits per heavy atom. The molecule has 4 N–H and O–H groups in total. The molecule has 0 aliphatic rings. The first kappa shape index (κ1) is 21.4. The van der Waals surface area contributed by atoms with Crippen molar-refractivity contribution < 1.29 is 14.7 Å². The Balaban J connectivity index is 1.83. The van der Waals surface area contributed by atoms with Crippen LogP contribution in [0.25, 0.3) is 22.4 Å². The van der Waals surface area contributed by atoms with Crippen molar-refractivity contribution >= 4 is 22.9 Å². The molecule has 162 valence electrons. The Hall–Kier alpha value is -3.84. The number of primary amides is 1. The first-order valence-electron chi connectivity index (χ1n) is 10.2. The van der Waals surface area contributed by atoms with Gasteiger partial charge >= 0.3 is 0 Å². The Morgan fingerprint density at radius 2 is 1.69 bits per heavy atom. The van der Waals surface area contributed by atoms with Crippen LogP contribution in [0, 0.1) is 5.41 Å². The predicted octanol–water partition coefficient (Wildman–Crippen LogP) is 3.57. The van der Waals surface area contributed by atoms with Gasteiger partial charge in [0.05, 0.1) is 17.5 Å². The average molecular weight is 428 g/mol. The van der Waals surface area contributed by atoms with Gasteiger partial charge in [0.2, 0.25) is 0 Å². The standard InChI is InChI=1S/C25H24N4O3/c1-24(2,3)21(30)18-13-27-22-20(18)29-19(14-28-22)15-8-7-11-17(12-15)25(32,23(26)31)16-9-5-4-6-10-16/h4-14,32H,1-3H3,(H2,26,31)(H,27,28). The van der Waals surface area contributed by atoms with Gasteiger partial charge in [0.25, 0.3) is 5.91 Å². The molecule has 32 heavy (non-hydrogen) atoms. The summed E-state index contributed by atoms with van der Waals surface area (Å²) in [7, 11) is 0. The fraction of sp³-hybridized carbons (Fsp3) is 0.200. The summed E-state index contributed by atoms with van der Waals surface area (Å²) in [4.78, 5) is 37.2. The Morgan fingerprint density at radius 1 is 1.00 bits per heavy atom. The number of ketones is 1. The summed E-state index contributed by atoms with van der Waals surface area (Å²) < 4.78 is 0. The van der Waals surface area contributed by atoms with Gasteiger partial charge < -0.3 is 15.8 Å². The average Bonchev–Trinajstić information content (AvgIpc) is 3.21. The van der Waals surface area contributed by atoms with Crippen molar-refractivity contribution in [3.8, 4) is 11.3 Å². The zero-order valence-electron chi connectivity index (χ0n) is 18.1. The number of nitrogens with two attached hydrogens (primary N) is 1. The van der Waals surface area contributed by atoms with E-state index in [4.69, 9.17) is 5.73 Å². The van der Waals surface area contributed by atoms with Gasteiger partial charge in [0, 0.05) is 17.2 Å². The highest BCUT2D eigenvalue weighted by Crippen LogP contribution is 2.32. The molecule has 0 spiro atoms. The van der Waals surface area contributed by atoms with Crippen molar-refractivity contribution in [3.63, 3.8) is 0 Å². The summed E-state index contributed by atoms with van der Waals surface area (Å²) in [5, 5.41) is 11.3. The third-order valence-electron chi connectivity index (χ3n) is 5.43. The molecule has 2 aromatic heterocycles. The largest absolute Gasteiger partial charge is 0.372 e. The Kier molecular flexibility index (Phi) is 5.14. The van der Waals surface area contributed by atoms with E-state index in [2.05, 4.69) is 15.0 Å². The molecular weight excluding hydrogens is 404 g/mol. The second kappa shape index (κ2) is 7.69. The van der Waals surface area contributed by atoms with Crippen LogP contribution in [0.5, 0.6) is 0 Å². The second-order valence-corrected chi connectivity index (χ2v) is 8.76. The van der Waals surface area contributed by atoms with E-state index in [1.807, 2.05) is 20.8 Å². The van der Waals surface area contributed by atoms with Gasteiger partial charge in [-0.05, 0) is 17.2 Å². The third-order valence-corrected chi connectivity index (χ3v) is 5.43. The van der Waals surface area contributed by atoms with Gasteiger partial charge in [0.1, 0.15) is 5.52 Å². The van der Waals surface area contributed by atoms with Crippen LogP contribution in [0.3, 0.4) is 0 Å². The van der Waals surface area contributed by atoms with Gasteiger partial charge in [-0.15, -0.1) is 0 Å². The molecule has 4 rings (SSSR count). The molecule has 7 nitrogen and oxygen atoms in total. The number of aromatic nitrogens is 3. The van der Waals surface area contributed by atoms with Gasteiger partial charge in [0.15, 0.2) is 17.0 Å². The van der Waals surface area contributed by atoms with Crippen LogP contribution in [0.2, 0.25) is 0 Å². The number of fused-ring (bicyclic) bond motifs is 1. The topological polar surface area (TPSA) is 122 Å². The smallest absolute Gasteiger partial charge is 0.258 e. The van der Waals surface area contributed by atoms with E-state index in [1.165, 1.54) is 0 Å². The minimum absolute atomic E-state index is 0.0452. The zero-order chi connectivity index (χ0) is 23.1. The number of aliphatic hydroxyl groups is 1. The number of Topliss-reactive ketones (excluding diaryl/α,β-unsaturated/α-hetero) is 1. The fourth-order valence-electron chi connectivity index (χ4n) is 3.64. The molecule has 0 aliphatic carbocycles. The molecule has 0 radical (unpaired) electrons. The van der Waals surface area contributed by atoms with Crippen LogP contribution >= 0.6 is 0 Å². The lowest BCUT2D eigenvalue weighted by atomic mass is 9.85. The van der Waals surface area contributed by atoms with Crippen molar-refractivity contribution in [2.75, 3.05) is 0 Å². The normalized spacial score (nSPS) is 13.6. The zero-order valence-corrected chi connectivity index (χ0v) is 18.1. The maximum absolute atomic E-state index is 12.8. The van der Waals surface area contributed by atoms with Crippen LogP contribution in [0.4, 0.5) is 0 Å². The lowest BCUT2D eigenvalue weighted by Crippen LogP contribution is -2.42. The second-order valence-electron chi connectivity index (χ2n) is 8.76. The van der Waals surface area contributed by atoms with Crippen molar-refractivity contribution in [1.82, 2.24) is 15.0 Å². The van der Waals surface area contributed by atoms with Crippen molar-refractivity contribution in [2.45, 2.75) is 26.4 Å². The van der Waals surface area contributed by atoms with Crippen molar-refractivity contribution in [2.24, 2.45) is 11.1 Å². The summed E-state index contributed by atoms with van der Waals surface area (Å²) in [6.45, 7) is 5.55. The number of aromatic amines is 1. The van der Waals surface area contributed by atoms with E-state index in [0.29, 0.717) is 39.1 Å². The Bertz CT molecular complexity index is 1320. The maximum Gasteiger partial charge on any atom is 0.258 e. The van der Waals surface area contributed by atoms with Gasteiger partial charge in [-0.3, -0.25) is 9.59 Å². The number of nitrogens with zero attached hydrogens (tertiary/aromatic N) is 2. The highest BCUT2D eigenvalue weighted by Gasteiger charge is 2.38. The lowest BCUT2D eigenvalue weighted by Gasteiger charge is -2.26. The molecule has 4 aromatic rings. The molecule has 1 unspecified atom stereocenters. The summed E-state index contributed by atoms with van der Waals surface area (Å²) in [6.07, 6.45) is 3.20. The number of H-pyrrole nitrogens is 1. The van der Waals surface area contributed by atoms with E-state index in [-0.39, 0.29) is 5.78 Å². The van der Waals surface area contributed by atoms with Crippen LogP contribution in [0.15, 0.2) is 67.0 Å². The summed E-state index contributed by atoms with van der Waals surface area (Å²) in [6, 6.07) is 15.3. The lowest BCUT2D eigenvalue weighted by molar-refractivity contribution is -0.133. The number of carbonyl (C=O) groups is 2. The predicted molar refractivity (Wildman–Crippen MR) is 122 cm³/mol. The molecule has 0 bridgehead atoms. The number of amides is 1. The van der Waals surface area contributed by atoms with E-state index in [1.54, 1.807) is 67.0 Å². The van der Waals surface area contributed by atoms with Crippen LogP contribution in [-0.2, 0) is 10.4 Å². The molecule has 2 aromatic carbocycles. The van der Waals surface area contributed by atoms with E-state index >= 15 is 0 Å². The fourth-order valence-corrected chi connectivity index (χ4v) is 3.64. The van der Waals surface area contributed by atoms with Crippen LogP contribution in [0.1, 0.15) is 42.3 Å². The number of hydrogen-bond donors (Lipinski definition) is 3. The first-order chi connectivity index (χ1) is 15.1. The molecule has 2 heterocycles. The van der Waals surface area contributed by atoms with E-state index in [9.17, 15) is 14.7 Å². The highest BCUT2D eigenvalue weighted by molar-refractivity contribution is 6.08. The quantitative estimate of drug-likeness (QED) is 0.420. The van der Waals surface area contributed by atoms with Crippen molar-refractivity contribution in [1.29, 1.82) is 0 Å². The van der Waals surface area contributed by atoms with E-state index in [0.717, 1.165) is 0 Å². The molecule has 0 aliphatic heterocycles. The molecule has 1 atom stereocenters. The van der Waals surface area contributed by atoms with Gasteiger partial charge in [-0.1, -0.05) is 69.3 Å². The SMILES string of the molecule is CC(C)(C)C(=O)c1c[nH]c2ncc(-c3cccc(C(O)(C(N)=O)c4ccccc4)c3)nc12. The summed E-state index contributed by atoms with van der Waals surface area (Å²) in [5.41, 5.74) is 6.31. The molecule has 1 amide bonds. The molecular formula is C25H24N4O3. The molecule has 7 heteroatoms. The van der Waals surface area contributed by atoms with Crippen molar-refractivity contribution in [3.05, 3.63) is 83.7 Å². The number of rotatable bonds is 5. The third kappa shape index (κ3) is 3.56. The maximum atomic E-state index is 12.8. The highest BCUT2D eigenvalue weighted by atomic mass is 16.3. The number of hydrogen-bond acceptors (Lipinski definition) is 5. The number of carbonyl (C=O) groups excluding carboxylic acids is 2. The van der Waals surface area contributed by atoms with E-state index < -0.39 is 16.9 Å².